The predicted octanol–water partition coefficient (Wildman–Crippen LogP) is 4.22. The third-order valence-corrected chi connectivity index (χ3v) is 7.19. The van der Waals surface area contributed by atoms with Crippen molar-refractivity contribution in [2.24, 2.45) is 5.92 Å². The summed E-state index contributed by atoms with van der Waals surface area (Å²) in [4.78, 5) is 25.5. The van der Waals surface area contributed by atoms with Crippen molar-refractivity contribution in [3.8, 4) is 0 Å². The van der Waals surface area contributed by atoms with Gasteiger partial charge in [-0.2, -0.15) is 11.8 Å². The summed E-state index contributed by atoms with van der Waals surface area (Å²) in [6, 6.07) is 6.08. The molecule has 0 bridgehead atoms. The van der Waals surface area contributed by atoms with E-state index in [9.17, 15) is 9.59 Å². The second-order valence-corrected chi connectivity index (χ2v) is 8.17. The molecule has 22 heavy (non-hydrogen) atoms. The van der Waals surface area contributed by atoms with Crippen molar-refractivity contribution >= 4 is 23.3 Å². The second-order valence-electron chi connectivity index (χ2n) is 6.95. The molecule has 0 atom stereocenters. The van der Waals surface area contributed by atoms with Crippen LogP contribution < -0.4 is 0 Å². The first-order valence-corrected chi connectivity index (χ1v) is 9.37. The topological polar surface area (TPSA) is 34.1 Å². The SMILES string of the molecule is CSC1(C2CC(=O)C(c3cc(C)ccc3C)C(=O)C2)CCC1. The Kier molecular flexibility index (Phi) is 4.19. The first-order chi connectivity index (χ1) is 10.5. The van der Waals surface area contributed by atoms with Gasteiger partial charge in [-0.25, -0.2) is 0 Å². The molecule has 2 saturated carbocycles. The van der Waals surface area contributed by atoms with Gasteiger partial charge in [0.1, 0.15) is 17.5 Å². The van der Waals surface area contributed by atoms with Crippen LogP contribution in [0.15, 0.2) is 18.2 Å². The normalized spacial score (nSPS) is 27.6. The van der Waals surface area contributed by atoms with Gasteiger partial charge in [-0.1, -0.05) is 30.2 Å². The lowest BCUT2D eigenvalue weighted by atomic mass is 9.65. The van der Waals surface area contributed by atoms with Gasteiger partial charge in [0.05, 0.1) is 0 Å². The van der Waals surface area contributed by atoms with Gasteiger partial charge in [0.25, 0.3) is 0 Å². The van der Waals surface area contributed by atoms with E-state index in [2.05, 4.69) is 6.26 Å². The molecular weight excluding hydrogens is 292 g/mol. The molecule has 2 aliphatic rings. The number of ketones is 2. The molecule has 0 aliphatic heterocycles. The summed E-state index contributed by atoms with van der Waals surface area (Å²) in [6.07, 6.45) is 6.83. The third kappa shape index (κ3) is 2.54. The molecule has 2 aliphatic carbocycles. The molecule has 2 fully saturated rings. The highest BCUT2D eigenvalue weighted by Crippen LogP contribution is 2.53. The maximum Gasteiger partial charge on any atom is 0.148 e. The highest BCUT2D eigenvalue weighted by atomic mass is 32.2. The molecule has 0 spiro atoms. The van der Waals surface area contributed by atoms with Crippen LogP contribution >= 0.6 is 11.8 Å². The summed E-state index contributed by atoms with van der Waals surface area (Å²) in [7, 11) is 0. The lowest BCUT2D eigenvalue weighted by molar-refractivity contribution is -0.134. The lowest BCUT2D eigenvalue weighted by Crippen LogP contribution is -2.47. The van der Waals surface area contributed by atoms with Gasteiger partial charge in [-0.3, -0.25) is 9.59 Å². The van der Waals surface area contributed by atoms with Crippen molar-refractivity contribution in [2.75, 3.05) is 6.26 Å². The van der Waals surface area contributed by atoms with Crippen LogP contribution in [0.25, 0.3) is 0 Å². The fraction of sp³-hybridized carbons (Fsp3) is 0.579. The first-order valence-electron chi connectivity index (χ1n) is 8.14. The zero-order valence-corrected chi connectivity index (χ0v) is 14.5. The second kappa shape index (κ2) is 5.84. The molecule has 1 aromatic carbocycles. The molecule has 0 amide bonds. The highest BCUT2D eigenvalue weighted by molar-refractivity contribution is 8.00. The molecule has 0 radical (unpaired) electrons. The van der Waals surface area contributed by atoms with E-state index in [1.165, 1.54) is 6.42 Å². The minimum atomic E-state index is -0.518. The number of carbonyl (C=O) groups excluding carboxylic acids is 2. The molecule has 0 heterocycles. The Morgan fingerprint density at radius 1 is 1.09 bits per heavy atom. The zero-order valence-electron chi connectivity index (χ0n) is 13.6. The van der Waals surface area contributed by atoms with E-state index in [0.717, 1.165) is 29.5 Å². The lowest BCUT2D eigenvalue weighted by Gasteiger charge is -2.48. The Labute approximate surface area is 137 Å². The summed E-state index contributed by atoms with van der Waals surface area (Å²) in [6.45, 7) is 4.01. The van der Waals surface area contributed by atoms with E-state index in [1.54, 1.807) is 0 Å². The third-order valence-electron chi connectivity index (χ3n) is 5.64. The number of rotatable bonds is 3. The number of benzene rings is 1. The van der Waals surface area contributed by atoms with E-state index >= 15 is 0 Å². The van der Waals surface area contributed by atoms with Crippen LogP contribution in [0.4, 0.5) is 0 Å². The standard InChI is InChI=1S/C19H24O2S/c1-12-5-6-13(2)15(9-12)18-16(20)10-14(11-17(18)21)19(22-3)7-4-8-19/h5-6,9,14,18H,4,7-8,10-11H2,1-3H3. The molecule has 0 aromatic heterocycles. The van der Waals surface area contributed by atoms with Crippen molar-refractivity contribution in [2.45, 2.75) is 56.6 Å². The van der Waals surface area contributed by atoms with Crippen LogP contribution in [0.2, 0.25) is 0 Å². The molecule has 0 N–H and O–H groups in total. The van der Waals surface area contributed by atoms with Gasteiger partial charge in [0, 0.05) is 17.6 Å². The van der Waals surface area contributed by atoms with E-state index in [0.29, 0.717) is 12.8 Å². The van der Waals surface area contributed by atoms with Crippen LogP contribution in [0.1, 0.15) is 54.7 Å². The van der Waals surface area contributed by atoms with Crippen LogP contribution in [0.5, 0.6) is 0 Å². The van der Waals surface area contributed by atoms with Crippen molar-refractivity contribution in [3.63, 3.8) is 0 Å². The van der Waals surface area contributed by atoms with Gasteiger partial charge in [0.2, 0.25) is 0 Å². The Hall–Kier alpha value is -1.09. The van der Waals surface area contributed by atoms with Crippen molar-refractivity contribution in [1.82, 2.24) is 0 Å². The summed E-state index contributed by atoms with van der Waals surface area (Å²) in [5, 5.41) is 0. The molecule has 3 rings (SSSR count). The Morgan fingerprint density at radius 3 is 2.23 bits per heavy atom. The number of hydrogen-bond donors (Lipinski definition) is 0. The summed E-state index contributed by atoms with van der Waals surface area (Å²) in [5.41, 5.74) is 3.10. The summed E-state index contributed by atoms with van der Waals surface area (Å²) >= 11 is 1.87. The minimum Gasteiger partial charge on any atom is -0.299 e. The monoisotopic (exact) mass is 316 g/mol. The van der Waals surface area contributed by atoms with E-state index in [4.69, 9.17) is 0 Å². The maximum atomic E-state index is 12.8. The molecule has 2 nitrogen and oxygen atoms in total. The Balaban J connectivity index is 1.86. The average Bonchev–Trinajstić information content (AvgIpc) is 2.41. The Bertz CT molecular complexity index is 592. The van der Waals surface area contributed by atoms with E-state index in [1.807, 2.05) is 43.8 Å². The number of thioether (sulfide) groups is 1. The van der Waals surface area contributed by atoms with Gasteiger partial charge in [0.15, 0.2) is 0 Å². The molecule has 0 unspecified atom stereocenters. The van der Waals surface area contributed by atoms with Gasteiger partial charge in [-0.15, -0.1) is 0 Å². The van der Waals surface area contributed by atoms with E-state index in [-0.39, 0.29) is 22.2 Å². The quantitative estimate of drug-likeness (QED) is 0.783. The number of aryl methyl sites for hydroxylation is 2. The van der Waals surface area contributed by atoms with Crippen LogP contribution in [0.3, 0.4) is 0 Å². The molecule has 0 saturated heterocycles. The smallest absolute Gasteiger partial charge is 0.148 e. The number of Topliss-reactive ketones (excluding diaryl/α,β-unsaturated/α-hetero) is 2. The number of carbonyl (C=O) groups is 2. The fourth-order valence-electron chi connectivity index (χ4n) is 4.07. The minimum absolute atomic E-state index is 0.135. The first kappa shape index (κ1) is 15.8. The summed E-state index contributed by atoms with van der Waals surface area (Å²) in [5.74, 6) is -0.00158. The predicted molar refractivity (Wildman–Crippen MR) is 91.5 cm³/mol. The van der Waals surface area contributed by atoms with Crippen LogP contribution in [-0.4, -0.2) is 22.6 Å². The highest BCUT2D eigenvalue weighted by Gasteiger charge is 2.49. The fourth-order valence-corrected chi connectivity index (χ4v) is 5.26. The molecule has 1 aromatic rings. The maximum absolute atomic E-state index is 12.8. The molecular formula is C19H24O2S. The zero-order chi connectivity index (χ0) is 15.9. The van der Waals surface area contributed by atoms with E-state index < -0.39 is 5.92 Å². The Morgan fingerprint density at radius 2 is 1.73 bits per heavy atom. The van der Waals surface area contributed by atoms with Crippen molar-refractivity contribution in [3.05, 3.63) is 34.9 Å². The van der Waals surface area contributed by atoms with Gasteiger partial charge < -0.3 is 0 Å². The number of hydrogen-bond acceptors (Lipinski definition) is 3. The van der Waals surface area contributed by atoms with Gasteiger partial charge in [-0.05, 0) is 50.0 Å². The van der Waals surface area contributed by atoms with Crippen molar-refractivity contribution in [1.29, 1.82) is 0 Å². The van der Waals surface area contributed by atoms with Crippen LogP contribution in [-0.2, 0) is 9.59 Å². The van der Waals surface area contributed by atoms with Crippen molar-refractivity contribution < 1.29 is 9.59 Å². The molecule has 118 valence electrons. The summed E-state index contributed by atoms with van der Waals surface area (Å²) < 4.78 is 0.192. The van der Waals surface area contributed by atoms with Gasteiger partial charge >= 0.3 is 0 Å². The van der Waals surface area contributed by atoms with Crippen LogP contribution in [0, 0.1) is 19.8 Å². The molecule has 3 heteroatoms. The average molecular weight is 316 g/mol. The largest absolute Gasteiger partial charge is 0.299 e.